The number of allylic oxidation sites excluding steroid dienone is 5. The first-order valence-corrected chi connectivity index (χ1v) is 8.23. The number of fused-ring (bicyclic) bond motifs is 1. The summed E-state index contributed by atoms with van der Waals surface area (Å²) in [6.07, 6.45) is 5.97. The summed E-state index contributed by atoms with van der Waals surface area (Å²) in [5, 5.41) is 0. The molecule has 2 rings (SSSR count). The molecule has 0 radical (unpaired) electrons. The largest absolute Gasteiger partial charge is 0.330 e. The molecule has 0 aromatic carbocycles. The number of pyridine rings is 1. The molecule has 25 heavy (non-hydrogen) atoms. The molecule has 0 fully saturated rings. The van der Waals surface area contributed by atoms with Crippen molar-refractivity contribution in [3.63, 3.8) is 0 Å². The van der Waals surface area contributed by atoms with E-state index in [9.17, 15) is 9.59 Å². The molecule has 2 heterocycles. The molecule has 0 bridgehead atoms. The van der Waals surface area contributed by atoms with Gasteiger partial charge in [-0.25, -0.2) is 9.78 Å². The highest BCUT2D eigenvalue weighted by molar-refractivity contribution is 5.85. The summed E-state index contributed by atoms with van der Waals surface area (Å²) in [4.78, 5) is 28.2. The number of hydrogen-bond donors (Lipinski definition) is 0. The molecule has 0 aliphatic rings. The Morgan fingerprint density at radius 2 is 2.00 bits per heavy atom. The average Bonchev–Trinajstić information content (AvgIpc) is 2.77. The van der Waals surface area contributed by atoms with Gasteiger partial charge < -0.3 is 0 Å². The van der Waals surface area contributed by atoms with Gasteiger partial charge in [-0.15, -0.1) is 0 Å². The van der Waals surface area contributed by atoms with Crippen molar-refractivity contribution in [1.82, 2.24) is 14.1 Å². The topological polar surface area (TPSA) is 56.9 Å². The van der Waals surface area contributed by atoms with Crippen LogP contribution in [0.15, 0.2) is 47.3 Å². The molecule has 0 spiro atoms. The first kappa shape index (κ1) is 18.6. The molecule has 0 N–H and O–H groups in total. The van der Waals surface area contributed by atoms with Crippen LogP contribution in [0.2, 0.25) is 0 Å². The van der Waals surface area contributed by atoms with Crippen molar-refractivity contribution in [3.8, 4) is 0 Å². The highest BCUT2D eigenvalue weighted by atomic mass is 16.1. The molecule has 5 heteroatoms. The third kappa shape index (κ3) is 4.05. The second kappa shape index (κ2) is 7.05. The van der Waals surface area contributed by atoms with Crippen LogP contribution < -0.4 is 5.69 Å². The molecule has 2 aromatic rings. The van der Waals surface area contributed by atoms with Gasteiger partial charge in [0.2, 0.25) is 0 Å². The molecule has 0 unspecified atom stereocenters. The molecule has 0 aliphatic heterocycles. The van der Waals surface area contributed by atoms with Gasteiger partial charge in [0.25, 0.3) is 0 Å². The number of imidazole rings is 1. The maximum atomic E-state index is 12.6. The maximum Gasteiger partial charge on any atom is 0.330 e. The third-order valence-corrected chi connectivity index (χ3v) is 3.78. The number of hydrogen-bond acceptors (Lipinski definition) is 3. The number of rotatable bonds is 5. The molecule has 5 nitrogen and oxygen atoms in total. The van der Waals surface area contributed by atoms with E-state index in [1.165, 1.54) is 0 Å². The average molecular weight is 339 g/mol. The Balaban J connectivity index is 2.54. The van der Waals surface area contributed by atoms with Gasteiger partial charge >= 0.3 is 5.69 Å². The van der Waals surface area contributed by atoms with Gasteiger partial charge in [0.1, 0.15) is 6.29 Å². The smallest absolute Gasteiger partial charge is 0.298 e. The van der Waals surface area contributed by atoms with E-state index in [2.05, 4.69) is 32.3 Å². The second-order valence-corrected chi connectivity index (χ2v) is 7.32. The highest BCUT2D eigenvalue weighted by Gasteiger charge is 2.18. The van der Waals surface area contributed by atoms with Crippen LogP contribution in [0.5, 0.6) is 0 Å². The van der Waals surface area contributed by atoms with E-state index in [1.54, 1.807) is 34.4 Å². The van der Waals surface area contributed by atoms with E-state index < -0.39 is 0 Å². The summed E-state index contributed by atoms with van der Waals surface area (Å²) in [5.41, 5.74) is 3.09. The van der Waals surface area contributed by atoms with Crippen LogP contribution in [0.25, 0.3) is 16.7 Å². The van der Waals surface area contributed by atoms with Gasteiger partial charge in [0.05, 0.1) is 11.2 Å². The van der Waals surface area contributed by atoms with Crippen LogP contribution in [0.3, 0.4) is 0 Å². The van der Waals surface area contributed by atoms with Crippen molar-refractivity contribution < 1.29 is 4.79 Å². The van der Waals surface area contributed by atoms with E-state index in [4.69, 9.17) is 0 Å². The lowest BCUT2D eigenvalue weighted by atomic mass is 9.97. The van der Waals surface area contributed by atoms with E-state index in [0.29, 0.717) is 29.0 Å². The Kier molecular flexibility index (Phi) is 5.26. The summed E-state index contributed by atoms with van der Waals surface area (Å²) in [6.45, 7) is 12.7. The normalized spacial score (nSPS) is 12.9. The van der Waals surface area contributed by atoms with Crippen LogP contribution in [0.1, 0.15) is 33.4 Å². The molecule has 0 saturated heterocycles. The van der Waals surface area contributed by atoms with Crippen molar-refractivity contribution in [3.05, 3.63) is 58.7 Å². The second-order valence-electron chi connectivity index (χ2n) is 7.32. The number of carbonyl (C=O) groups is 1. The van der Waals surface area contributed by atoms with Gasteiger partial charge in [-0.2, -0.15) is 0 Å². The predicted molar refractivity (Wildman–Crippen MR) is 102 cm³/mol. The zero-order valence-electron chi connectivity index (χ0n) is 15.5. The molecule has 132 valence electrons. The minimum Gasteiger partial charge on any atom is -0.298 e. The standard InChI is InChI=1S/C20H25N3O2/c1-7-8-15(12-24)11-14(2)16-9-10-17-18(21-16)22(6)19(25)23(17)13-20(3,4)5/h7-12H,2,13H2,1,3-6H3. The van der Waals surface area contributed by atoms with Gasteiger partial charge in [-0.05, 0) is 36.1 Å². The zero-order chi connectivity index (χ0) is 18.8. The predicted octanol–water partition coefficient (Wildman–Crippen LogP) is 3.50. The highest BCUT2D eigenvalue weighted by Crippen LogP contribution is 2.21. The number of nitrogens with zero attached hydrogens (tertiary/aromatic N) is 3. The minimum atomic E-state index is -0.0850. The Morgan fingerprint density at radius 1 is 1.32 bits per heavy atom. The fourth-order valence-corrected chi connectivity index (χ4v) is 2.67. The Labute approximate surface area is 148 Å². The summed E-state index contributed by atoms with van der Waals surface area (Å²) in [5.74, 6) is 0. The lowest BCUT2D eigenvalue weighted by Gasteiger charge is -2.18. The van der Waals surface area contributed by atoms with Crippen LogP contribution in [-0.2, 0) is 18.4 Å². The monoisotopic (exact) mass is 339 g/mol. The number of aldehydes is 1. The summed E-state index contributed by atoms with van der Waals surface area (Å²) in [7, 11) is 1.72. The maximum absolute atomic E-state index is 12.6. The molecule has 2 aromatic heterocycles. The summed E-state index contributed by atoms with van der Waals surface area (Å²) < 4.78 is 3.30. The van der Waals surface area contributed by atoms with Gasteiger partial charge in [-0.1, -0.05) is 39.5 Å². The third-order valence-electron chi connectivity index (χ3n) is 3.78. The van der Waals surface area contributed by atoms with Crippen molar-refractivity contribution >= 4 is 23.0 Å². The molecule has 0 aliphatic carbocycles. The molecule has 0 saturated carbocycles. The van der Waals surface area contributed by atoms with Crippen LogP contribution in [0.4, 0.5) is 0 Å². The van der Waals surface area contributed by atoms with E-state index in [1.807, 2.05) is 19.1 Å². The lowest BCUT2D eigenvalue weighted by Crippen LogP contribution is -2.27. The SMILES string of the molecule is C=C(C=C(C=O)C=CC)c1ccc2c(n1)n(C)c(=O)n2CC(C)(C)C. The fourth-order valence-electron chi connectivity index (χ4n) is 2.67. The van der Waals surface area contributed by atoms with E-state index in [-0.39, 0.29) is 11.1 Å². The Hall–Kier alpha value is -2.69. The quantitative estimate of drug-likeness (QED) is 0.476. The molecule has 0 atom stereocenters. The molecule has 0 amide bonds. The van der Waals surface area contributed by atoms with Crippen LogP contribution in [0, 0.1) is 5.41 Å². The van der Waals surface area contributed by atoms with Crippen molar-refractivity contribution in [2.24, 2.45) is 12.5 Å². The van der Waals surface area contributed by atoms with Gasteiger partial charge in [0, 0.05) is 19.2 Å². The van der Waals surface area contributed by atoms with E-state index >= 15 is 0 Å². The number of carbonyl (C=O) groups excluding carboxylic acids is 1. The lowest BCUT2D eigenvalue weighted by molar-refractivity contribution is -0.104. The Bertz CT molecular complexity index is 934. The van der Waals surface area contributed by atoms with Crippen LogP contribution in [-0.4, -0.2) is 20.4 Å². The number of aryl methyl sites for hydroxylation is 1. The zero-order valence-corrected chi connectivity index (χ0v) is 15.5. The first-order valence-electron chi connectivity index (χ1n) is 8.23. The Morgan fingerprint density at radius 3 is 2.56 bits per heavy atom. The van der Waals surface area contributed by atoms with Gasteiger partial charge in [-0.3, -0.25) is 13.9 Å². The molecular formula is C20H25N3O2. The number of aromatic nitrogens is 3. The van der Waals surface area contributed by atoms with Crippen molar-refractivity contribution in [2.75, 3.05) is 0 Å². The first-order chi connectivity index (χ1) is 11.7. The van der Waals surface area contributed by atoms with Gasteiger partial charge in [0.15, 0.2) is 5.65 Å². The van der Waals surface area contributed by atoms with Crippen molar-refractivity contribution in [2.45, 2.75) is 34.2 Å². The van der Waals surface area contributed by atoms with Crippen LogP contribution >= 0.6 is 0 Å². The fraction of sp³-hybridized carbons (Fsp3) is 0.350. The minimum absolute atomic E-state index is 0.0194. The van der Waals surface area contributed by atoms with E-state index in [0.717, 1.165) is 11.8 Å². The summed E-state index contributed by atoms with van der Waals surface area (Å²) in [6, 6.07) is 3.72. The molecular weight excluding hydrogens is 314 g/mol. The van der Waals surface area contributed by atoms with Crippen molar-refractivity contribution in [1.29, 1.82) is 0 Å². The summed E-state index contributed by atoms with van der Waals surface area (Å²) >= 11 is 0.